The van der Waals surface area contributed by atoms with Crippen LogP contribution in [0.4, 0.5) is 0 Å². The molecule has 110 valence electrons. The van der Waals surface area contributed by atoms with Gasteiger partial charge in [-0.25, -0.2) is 0 Å². The molecule has 1 unspecified atom stereocenters. The van der Waals surface area contributed by atoms with Gasteiger partial charge in [0.15, 0.2) is 0 Å². The third kappa shape index (κ3) is 4.62. The third-order valence-corrected chi connectivity index (χ3v) is 3.67. The second-order valence-corrected chi connectivity index (χ2v) is 5.26. The van der Waals surface area contributed by atoms with E-state index in [0.717, 1.165) is 31.4 Å². The largest absolute Gasteiger partial charge is 0.378 e. The molecule has 1 aromatic rings. The fourth-order valence-electron chi connectivity index (χ4n) is 2.57. The predicted octanol–water partition coefficient (Wildman–Crippen LogP) is 1.93. The van der Waals surface area contributed by atoms with Gasteiger partial charge >= 0.3 is 0 Å². The highest BCUT2D eigenvalue weighted by molar-refractivity contribution is 5.76. The van der Waals surface area contributed by atoms with Crippen molar-refractivity contribution in [3.8, 4) is 0 Å². The lowest BCUT2D eigenvalue weighted by molar-refractivity contribution is -0.132. The van der Waals surface area contributed by atoms with Gasteiger partial charge in [-0.1, -0.05) is 30.3 Å². The Bertz CT molecular complexity index is 402. The molecule has 4 heteroatoms. The third-order valence-electron chi connectivity index (χ3n) is 3.67. The summed E-state index contributed by atoms with van der Waals surface area (Å²) in [5, 5.41) is 0. The van der Waals surface area contributed by atoms with Gasteiger partial charge in [-0.3, -0.25) is 4.79 Å². The maximum atomic E-state index is 12.3. The van der Waals surface area contributed by atoms with Crippen LogP contribution < -0.4 is 5.73 Å². The standard InChI is InChI=1S/C16H24N2O2/c17-10-11-18(13-14-5-2-1-3-6-14)16(19)9-8-15-7-4-12-20-15/h1-3,5-6,15H,4,7-13,17H2. The van der Waals surface area contributed by atoms with Gasteiger partial charge in [0.2, 0.25) is 5.91 Å². The van der Waals surface area contributed by atoms with Crippen LogP contribution in [0.25, 0.3) is 0 Å². The van der Waals surface area contributed by atoms with Crippen LogP contribution in [0.1, 0.15) is 31.2 Å². The van der Waals surface area contributed by atoms with Crippen LogP contribution >= 0.6 is 0 Å². The molecule has 20 heavy (non-hydrogen) atoms. The Balaban J connectivity index is 1.84. The lowest BCUT2D eigenvalue weighted by Crippen LogP contribution is -2.35. The second kappa shape index (κ2) is 8.02. The molecule has 0 saturated carbocycles. The van der Waals surface area contributed by atoms with Gasteiger partial charge in [-0.15, -0.1) is 0 Å². The van der Waals surface area contributed by atoms with Gasteiger partial charge in [0.1, 0.15) is 0 Å². The van der Waals surface area contributed by atoms with E-state index < -0.39 is 0 Å². The van der Waals surface area contributed by atoms with Crippen LogP contribution in [-0.2, 0) is 16.1 Å². The van der Waals surface area contributed by atoms with Crippen LogP contribution in [0.15, 0.2) is 30.3 Å². The molecule has 1 aliphatic rings. The summed E-state index contributed by atoms with van der Waals surface area (Å²) >= 11 is 0. The fourth-order valence-corrected chi connectivity index (χ4v) is 2.57. The lowest BCUT2D eigenvalue weighted by Gasteiger charge is -2.23. The Morgan fingerprint density at radius 3 is 2.80 bits per heavy atom. The topological polar surface area (TPSA) is 55.6 Å². The maximum Gasteiger partial charge on any atom is 0.223 e. The summed E-state index contributed by atoms with van der Waals surface area (Å²) in [5.74, 6) is 0.176. The van der Waals surface area contributed by atoms with E-state index in [9.17, 15) is 4.79 Å². The molecular weight excluding hydrogens is 252 g/mol. The normalized spacial score (nSPS) is 18.1. The minimum Gasteiger partial charge on any atom is -0.378 e. The van der Waals surface area contributed by atoms with Gasteiger partial charge in [-0.05, 0) is 24.8 Å². The first-order valence-electron chi connectivity index (χ1n) is 7.43. The quantitative estimate of drug-likeness (QED) is 0.828. The Kier molecular flexibility index (Phi) is 6.02. The molecule has 1 amide bonds. The van der Waals surface area contributed by atoms with Gasteiger partial charge in [0.25, 0.3) is 0 Å². The van der Waals surface area contributed by atoms with Crippen molar-refractivity contribution in [2.75, 3.05) is 19.7 Å². The van der Waals surface area contributed by atoms with Crippen LogP contribution in [0.5, 0.6) is 0 Å². The number of nitrogens with two attached hydrogens (primary N) is 1. The number of rotatable bonds is 7. The van der Waals surface area contributed by atoms with Crippen molar-refractivity contribution in [3.63, 3.8) is 0 Å². The van der Waals surface area contributed by atoms with Crippen molar-refractivity contribution < 1.29 is 9.53 Å². The highest BCUT2D eigenvalue weighted by atomic mass is 16.5. The Hall–Kier alpha value is -1.39. The van der Waals surface area contributed by atoms with Gasteiger partial charge in [0, 0.05) is 32.7 Å². The van der Waals surface area contributed by atoms with E-state index in [1.807, 2.05) is 35.2 Å². The summed E-state index contributed by atoms with van der Waals surface area (Å²) in [6.45, 7) is 2.59. The molecule has 0 bridgehead atoms. The number of nitrogens with zero attached hydrogens (tertiary/aromatic N) is 1. The minimum absolute atomic E-state index is 0.176. The molecule has 4 nitrogen and oxygen atoms in total. The van der Waals surface area contributed by atoms with Crippen LogP contribution in [0, 0.1) is 0 Å². The molecule has 2 N–H and O–H groups in total. The van der Waals surface area contributed by atoms with Crippen molar-refractivity contribution in [2.45, 2.75) is 38.3 Å². The molecule has 0 spiro atoms. The van der Waals surface area contributed by atoms with Gasteiger partial charge < -0.3 is 15.4 Å². The number of carbonyl (C=O) groups excluding carboxylic acids is 1. The van der Waals surface area contributed by atoms with Gasteiger partial charge in [0.05, 0.1) is 6.10 Å². The van der Waals surface area contributed by atoms with Gasteiger partial charge in [-0.2, -0.15) is 0 Å². The number of carbonyl (C=O) groups is 1. The summed E-state index contributed by atoms with van der Waals surface area (Å²) in [5.41, 5.74) is 6.77. The predicted molar refractivity (Wildman–Crippen MR) is 79.1 cm³/mol. The highest BCUT2D eigenvalue weighted by Crippen LogP contribution is 2.17. The average Bonchev–Trinajstić information content (AvgIpc) is 2.99. The van der Waals surface area contributed by atoms with E-state index >= 15 is 0 Å². The van der Waals surface area contributed by atoms with Crippen molar-refractivity contribution in [1.29, 1.82) is 0 Å². The molecule has 0 radical (unpaired) electrons. The first kappa shape index (κ1) is 15.0. The van der Waals surface area contributed by atoms with Crippen molar-refractivity contribution in [3.05, 3.63) is 35.9 Å². The van der Waals surface area contributed by atoms with Crippen molar-refractivity contribution in [2.24, 2.45) is 5.73 Å². The van der Waals surface area contributed by atoms with E-state index in [0.29, 0.717) is 26.1 Å². The summed E-state index contributed by atoms with van der Waals surface area (Å²) in [6.07, 6.45) is 3.86. The summed E-state index contributed by atoms with van der Waals surface area (Å²) in [6, 6.07) is 10.0. The summed E-state index contributed by atoms with van der Waals surface area (Å²) < 4.78 is 5.57. The smallest absolute Gasteiger partial charge is 0.223 e. The van der Waals surface area contributed by atoms with E-state index in [1.54, 1.807) is 0 Å². The first-order valence-corrected chi connectivity index (χ1v) is 7.43. The van der Waals surface area contributed by atoms with Crippen LogP contribution in [0.3, 0.4) is 0 Å². The zero-order valence-corrected chi connectivity index (χ0v) is 12.0. The number of hydrogen-bond acceptors (Lipinski definition) is 3. The number of hydrogen-bond donors (Lipinski definition) is 1. The average molecular weight is 276 g/mol. The molecule has 1 aromatic carbocycles. The summed E-state index contributed by atoms with van der Waals surface area (Å²) in [7, 11) is 0. The minimum atomic E-state index is 0.176. The number of ether oxygens (including phenoxy) is 1. The van der Waals surface area contributed by atoms with E-state index in [-0.39, 0.29) is 12.0 Å². The molecule has 1 fully saturated rings. The Labute approximate surface area is 120 Å². The zero-order valence-electron chi connectivity index (χ0n) is 12.0. The Morgan fingerprint density at radius 2 is 2.15 bits per heavy atom. The molecule has 0 aromatic heterocycles. The second-order valence-electron chi connectivity index (χ2n) is 5.26. The number of benzene rings is 1. The lowest BCUT2D eigenvalue weighted by atomic mass is 10.1. The van der Waals surface area contributed by atoms with Crippen LogP contribution in [-0.4, -0.2) is 36.6 Å². The SMILES string of the molecule is NCCN(Cc1ccccc1)C(=O)CCC1CCCO1. The van der Waals surface area contributed by atoms with E-state index in [4.69, 9.17) is 10.5 Å². The van der Waals surface area contributed by atoms with Crippen LogP contribution in [0.2, 0.25) is 0 Å². The van der Waals surface area contributed by atoms with E-state index in [1.165, 1.54) is 0 Å². The molecule has 2 rings (SSSR count). The van der Waals surface area contributed by atoms with Crippen molar-refractivity contribution in [1.82, 2.24) is 4.90 Å². The molecule has 0 aliphatic carbocycles. The first-order chi connectivity index (χ1) is 9.79. The zero-order chi connectivity index (χ0) is 14.2. The number of amides is 1. The molecule has 1 aliphatic heterocycles. The van der Waals surface area contributed by atoms with E-state index in [2.05, 4.69) is 0 Å². The summed E-state index contributed by atoms with van der Waals surface area (Å²) in [4.78, 5) is 14.2. The molecular formula is C16H24N2O2. The highest BCUT2D eigenvalue weighted by Gasteiger charge is 2.19. The maximum absolute atomic E-state index is 12.3. The molecule has 1 heterocycles. The monoisotopic (exact) mass is 276 g/mol. The molecule has 1 atom stereocenters. The molecule has 1 saturated heterocycles. The van der Waals surface area contributed by atoms with Crippen molar-refractivity contribution >= 4 is 5.91 Å². The Morgan fingerprint density at radius 1 is 1.35 bits per heavy atom. The fraction of sp³-hybridized carbons (Fsp3) is 0.562.